The van der Waals surface area contributed by atoms with Crippen molar-refractivity contribution >= 4 is 17.7 Å². The van der Waals surface area contributed by atoms with Gasteiger partial charge in [-0.05, 0) is 6.42 Å². The van der Waals surface area contributed by atoms with Gasteiger partial charge in [0.05, 0.1) is 38.2 Å². The molecule has 1 aromatic rings. The van der Waals surface area contributed by atoms with Crippen molar-refractivity contribution in [3.05, 3.63) is 11.3 Å². The number of nitrogens with zero attached hydrogens (tertiary/aromatic N) is 4. The Kier molecular flexibility index (Phi) is 5.15. The molecule has 1 unspecified atom stereocenters. The number of carbonyl (C=O) groups excluding carboxylic acids is 1. The molecule has 3 heterocycles. The van der Waals surface area contributed by atoms with E-state index in [1.165, 1.54) is 0 Å². The van der Waals surface area contributed by atoms with Gasteiger partial charge in [-0.2, -0.15) is 4.98 Å². The SMILES string of the molecule is CC(=O)N1CCc2c(nc(N(C)C)nc2NCC2COCCO2)C1. The first-order valence-corrected chi connectivity index (χ1v) is 8.30. The lowest BCUT2D eigenvalue weighted by Crippen LogP contribution is -2.37. The average Bonchev–Trinajstić information content (AvgIpc) is 2.59. The normalized spacial score (nSPS) is 20.5. The number of hydrogen-bond acceptors (Lipinski definition) is 7. The Morgan fingerprint density at radius 1 is 1.38 bits per heavy atom. The maximum Gasteiger partial charge on any atom is 0.227 e. The molecular weight excluding hydrogens is 310 g/mol. The Morgan fingerprint density at radius 3 is 2.88 bits per heavy atom. The van der Waals surface area contributed by atoms with Crippen LogP contribution in [0, 0.1) is 0 Å². The van der Waals surface area contributed by atoms with Crippen molar-refractivity contribution in [3.63, 3.8) is 0 Å². The molecule has 2 aliphatic heterocycles. The van der Waals surface area contributed by atoms with Crippen LogP contribution in [-0.4, -0.2) is 73.9 Å². The van der Waals surface area contributed by atoms with Gasteiger partial charge in [-0.3, -0.25) is 4.79 Å². The molecule has 8 nitrogen and oxygen atoms in total. The van der Waals surface area contributed by atoms with Crippen LogP contribution in [0.2, 0.25) is 0 Å². The molecule has 1 N–H and O–H groups in total. The minimum absolute atomic E-state index is 0.0319. The van der Waals surface area contributed by atoms with Gasteiger partial charge >= 0.3 is 0 Å². The maximum atomic E-state index is 11.7. The summed E-state index contributed by atoms with van der Waals surface area (Å²) in [5.41, 5.74) is 2.01. The predicted molar refractivity (Wildman–Crippen MR) is 90.2 cm³/mol. The summed E-state index contributed by atoms with van der Waals surface area (Å²) in [7, 11) is 3.82. The van der Waals surface area contributed by atoms with E-state index in [1.54, 1.807) is 6.92 Å². The molecule has 3 rings (SSSR count). The first kappa shape index (κ1) is 16.9. The lowest BCUT2D eigenvalue weighted by Gasteiger charge is -2.30. The lowest BCUT2D eigenvalue weighted by atomic mass is 10.1. The topological polar surface area (TPSA) is 79.8 Å². The molecule has 1 fully saturated rings. The Hall–Kier alpha value is -1.93. The van der Waals surface area contributed by atoms with E-state index in [4.69, 9.17) is 9.47 Å². The first-order valence-electron chi connectivity index (χ1n) is 8.30. The van der Waals surface area contributed by atoms with E-state index < -0.39 is 0 Å². The lowest BCUT2D eigenvalue weighted by molar-refractivity contribution is -0.129. The molecule has 1 aromatic heterocycles. The summed E-state index contributed by atoms with van der Waals surface area (Å²) in [5.74, 6) is 1.55. The van der Waals surface area contributed by atoms with E-state index in [2.05, 4.69) is 15.3 Å². The second-order valence-electron chi connectivity index (χ2n) is 6.33. The maximum absolute atomic E-state index is 11.7. The smallest absolute Gasteiger partial charge is 0.227 e. The molecule has 0 saturated carbocycles. The highest BCUT2D eigenvalue weighted by Gasteiger charge is 2.25. The fourth-order valence-corrected chi connectivity index (χ4v) is 2.90. The summed E-state index contributed by atoms with van der Waals surface area (Å²) in [6.45, 7) is 5.36. The average molecular weight is 335 g/mol. The molecule has 0 aliphatic carbocycles. The molecule has 0 bridgehead atoms. The standard InChI is InChI=1S/C16H25N5O3/c1-11(22)21-5-4-13-14(9-21)18-16(20(2)3)19-15(13)17-8-12-10-23-6-7-24-12/h12H,4-10H2,1-3H3,(H,17,18,19). The van der Waals surface area contributed by atoms with Crippen LogP contribution >= 0.6 is 0 Å². The number of aromatic nitrogens is 2. The van der Waals surface area contributed by atoms with Crippen LogP contribution in [0.4, 0.5) is 11.8 Å². The van der Waals surface area contributed by atoms with Crippen molar-refractivity contribution in [2.75, 3.05) is 57.2 Å². The van der Waals surface area contributed by atoms with E-state index in [-0.39, 0.29) is 12.0 Å². The van der Waals surface area contributed by atoms with E-state index in [9.17, 15) is 4.79 Å². The second kappa shape index (κ2) is 7.31. The number of anilines is 2. The van der Waals surface area contributed by atoms with Gasteiger partial charge in [0.1, 0.15) is 5.82 Å². The Bertz CT molecular complexity index is 602. The Balaban J connectivity index is 1.80. The van der Waals surface area contributed by atoms with Crippen molar-refractivity contribution in [3.8, 4) is 0 Å². The van der Waals surface area contributed by atoms with Crippen molar-refractivity contribution in [1.29, 1.82) is 0 Å². The van der Waals surface area contributed by atoms with Crippen LogP contribution in [0.25, 0.3) is 0 Å². The van der Waals surface area contributed by atoms with Gasteiger partial charge in [0.2, 0.25) is 11.9 Å². The monoisotopic (exact) mass is 335 g/mol. The van der Waals surface area contributed by atoms with Crippen molar-refractivity contribution < 1.29 is 14.3 Å². The zero-order valence-corrected chi connectivity index (χ0v) is 14.5. The summed E-state index contributed by atoms with van der Waals surface area (Å²) in [6.07, 6.45) is 0.789. The second-order valence-corrected chi connectivity index (χ2v) is 6.33. The number of ether oxygens (including phenoxy) is 2. The molecular formula is C16H25N5O3. The number of hydrogen-bond donors (Lipinski definition) is 1. The highest BCUT2D eigenvalue weighted by Crippen LogP contribution is 2.26. The zero-order chi connectivity index (χ0) is 17.1. The molecule has 2 aliphatic rings. The van der Waals surface area contributed by atoms with Crippen LogP contribution in [0.1, 0.15) is 18.2 Å². The molecule has 1 atom stereocenters. The highest BCUT2D eigenvalue weighted by atomic mass is 16.6. The van der Waals surface area contributed by atoms with Gasteiger partial charge in [-0.15, -0.1) is 0 Å². The number of carbonyl (C=O) groups is 1. The largest absolute Gasteiger partial charge is 0.376 e. The van der Waals surface area contributed by atoms with Gasteiger partial charge in [0, 0.05) is 39.7 Å². The van der Waals surface area contributed by atoms with Gasteiger partial charge in [-0.25, -0.2) is 4.98 Å². The van der Waals surface area contributed by atoms with Crippen molar-refractivity contribution in [2.45, 2.75) is 26.0 Å². The van der Waals surface area contributed by atoms with Gasteiger partial charge in [-0.1, -0.05) is 0 Å². The van der Waals surface area contributed by atoms with Crippen LogP contribution < -0.4 is 10.2 Å². The summed E-state index contributed by atoms with van der Waals surface area (Å²) < 4.78 is 11.1. The fourth-order valence-electron chi connectivity index (χ4n) is 2.90. The predicted octanol–water partition coefficient (Wildman–Crippen LogP) is 0.275. The van der Waals surface area contributed by atoms with Crippen molar-refractivity contribution in [2.24, 2.45) is 0 Å². The molecule has 0 radical (unpaired) electrons. The minimum Gasteiger partial charge on any atom is -0.376 e. The van der Waals surface area contributed by atoms with Gasteiger partial charge in [0.25, 0.3) is 0 Å². The molecule has 0 spiro atoms. The zero-order valence-electron chi connectivity index (χ0n) is 14.5. The Morgan fingerprint density at radius 2 is 2.21 bits per heavy atom. The molecule has 1 amide bonds. The number of rotatable bonds is 4. The van der Waals surface area contributed by atoms with E-state index in [0.717, 1.165) is 23.5 Å². The summed E-state index contributed by atoms with van der Waals surface area (Å²) >= 11 is 0. The van der Waals surface area contributed by atoms with Crippen LogP contribution in [0.5, 0.6) is 0 Å². The molecule has 132 valence electrons. The van der Waals surface area contributed by atoms with E-state index in [1.807, 2.05) is 23.9 Å². The number of amides is 1. The molecule has 0 aromatic carbocycles. The summed E-state index contributed by atoms with van der Waals surface area (Å²) in [5, 5.41) is 3.40. The Labute approximate surface area is 142 Å². The fraction of sp³-hybridized carbons (Fsp3) is 0.688. The van der Waals surface area contributed by atoms with Crippen molar-refractivity contribution in [1.82, 2.24) is 14.9 Å². The number of fused-ring (bicyclic) bond motifs is 1. The number of nitrogens with one attached hydrogen (secondary N) is 1. The van der Waals surface area contributed by atoms with Gasteiger partial charge < -0.3 is 24.6 Å². The quantitative estimate of drug-likeness (QED) is 0.846. The third kappa shape index (κ3) is 3.76. The molecule has 1 saturated heterocycles. The summed E-state index contributed by atoms with van der Waals surface area (Å²) in [4.78, 5) is 24.6. The van der Waals surface area contributed by atoms with Crippen LogP contribution in [-0.2, 0) is 27.2 Å². The highest BCUT2D eigenvalue weighted by molar-refractivity contribution is 5.73. The van der Waals surface area contributed by atoms with E-state index in [0.29, 0.717) is 45.4 Å². The summed E-state index contributed by atoms with van der Waals surface area (Å²) in [6, 6.07) is 0. The first-order chi connectivity index (χ1) is 11.5. The third-order valence-corrected chi connectivity index (χ3v) is 4.28. The third-order valence-electron chi connectivity index (χ3n) is 4.28. The van der Waals surface area contributed by atoms with E-state index >= 15 is 0 Å². The molecule has 24 heavy (non-hydrogen) atoms. The van der Waals surface area contributed by atoms with Crippen LogP contribution in [0.3, 0.4) is 0 Å². The minimum atomic E-state index is 0.0319. The molecule has 8 heteroatoms. The van der Waals surface area contributed by atoms with Gasteiger partial charge in [0.15, 0.2) is 0 Å². The van der Waals surface area contributed by atoms with Crippen LogP contribution in [0.15, 0.2) is 0 Å².